The van der Waals surface area contributed by atoms with Gasteiger partial charge in [0.25, 0.3) is 0 Å². The third kappa shape index (κ3) is 3.79. The number of methoxy groups -OCH3 is 1. The first-order chi connectivity index (χ1) is 10.1. The molecular formula is C16H16N2O2S. The van der Waals surface area contributed by atoms with Crippen molar-refractivity contribution >= 4 is 34.7 Å². The quantitative estimate of drug-likeness (QED) is 0.670. The van der Waals surface area contributed by atoms with Gasteiger partial charge < -0.3 is 15.4 Å². The third-order valence-corrected chi connectivity index (χ3v) is 3.22. The van der Waals surface area contributed by atoms with Gasteiger partial charge >= 0.3 is 5.97 Å². The summed E-state index contributed by atoms with van der Waals surface area (Å²) in [6.45, 7) is 1.85. The van der Waals surface area contributed by atoms with Crippen LogP contribution in [0.15, 0.2) is 48.5 Å². The molecule has 0 radical (unpaired) electrons. The Bertz CT molecular complexity index is 657. The van der Waals surface area contributed by atoms with Gasteiger partial charge in [-0.1, -0.05) is 24.3 Å². The smallest absolute Gasteiger partial charge is 0.338 e. The highest BCUT2D eigenvalue weighted by molar-refractivity contribution is 7.80. The number of ether oxygens (including phenoxy) is 1. The highest BCUT2D eigenvalue weighted by atomic mass is 32.1. The Morgan fingerprint density at radius 2 is 1.76 bits per heavy atom. The van der Waals surface area contributed by atoms with Crippen molar-refractivity contribution in [2.75, 3.05) is 17.7 Å². The molecule has 4 nitrogen and oxygen atoms in total. The van der Waals surface area contributed by atoms with Crippen LogP contribution in [0.3, 0.4) is 0 Å². The average molecular weight is 300 g/mol. The summed E-state index contributed by atoms with van der Waals surface area (Å²) in [6, 6.07) is 15.0. The standard InChI is InChI=1S/C16H16N2O2S/c1-11-13(15(19)20-2)9-6-10-14(11)18-16(21)17-12-7-4-3-5-8-12/h3-10H,1-2H3,(H2,17,18,21). The number of thiocarbonyl (C=S) groups is 1. The minimum Gasteiger partial charge on any atom is -0.465 e. The lowest BCUT2D eigenvalue weighted by atomic mass is 10.1. The summed E-state index contributed by atoms with van der Waals surface area (Å²) < 4.78 is 4.76. The van der Waals surface area contributed by atoms with E-state index >= 15 is 0 Å². The molecule has 108 valence electrons. The third-order valence-electron chi connectivity index (χ3n) is 3.02. The zero-order valence-corrected chi connectivity index (χ0v) is 12.7. The predicted molar refractivity (Wildman–Crippen MR) is 88.8 cm³/mol. The maximum atomic E-state index is 11.7. The van der Waals surface area contributed by atoms with Gasteiger partial charge in [0.15, 0.2) is 5.11 Å². The summed E-state index contributed by atoms with van der Waals surface area (Å²) in [4.78, 5) is 11.7. The first kappa shape index (κ1) is 15.0. The van der Waals surface area contributed by atoms with Gasteiger partial charge in [0.1, 0.15) is 0 Å². The van der Waals surface area contributed by atoms with Crippen molar-refractivity contribution in [1.29, 1.82) is 0 Å². The number of hydrogen-bond donors (Lipinski definition) is 2. The topological polar surface area (TPSA) is 50.4 Å². The summed E-state index contributed by atoms with van der Waals surface area (Å²) in [5, 5.41) is 6.64. The molecule has 0 unspecified atom stereocenters. The molecule has 0 fully saturated rings. The van der Waals surface area contributed by atoms with Crippen LogP contribution < -0.4 is 10.6 Å². The van der Waals surface area contributed by atoms with Gasteiger partial charge in [-0.3, -0.25) is 0 Å². The Morgan fingerprint density at radius 3 is 2.43 bits per heavy atom. The molecule has 0 aliphatic rings. The Kier molecular flexibility index (Phi) is 4.90. The van der Waals surface area contributed by atoms with Gasteiger partial charge in [-0.25, -0.2) is 4.79 Å². The number of esters is 1. The van der Waals surface area contributed by atoms with E-state index in [0.717, 1.165) is 16.9 Å². The Balaban J connectivity index is 2.13. The van der Waals surface area contributed by atoms with Crippen LogP contribution in [-0.4, -0.2) is 18.2 Å². The van der Waals surface area contributed by atoms with Crippen LogP contribution in [0.5, 0.6) is 0 Å². The molecule has 0 saturated carbocycles. The molecule has 2 aromatic rings. The van der Waals surface area contributed by atoms with Crippen LogP contribution in [0, 0.1) is 6.92 Å². The fourth-order valence-corrected chi connectivity index (χ4v) is 2.14. The van der Waals surface area contributed by atoms with Crippen molar-refractivity contribution in [1.82, 2.24) is 0 Å². The van der Waals surface area contributed by atoms with Gasteiger partial charge in [0.05, 0.1) is 12.7 Å². The summed E-state index contributed by atoms with van der Waals surface area (Å²) in [5.41, 5.74) is 2.98. The summed E-state index contributed by atoms with van der Waals surface area (Å²) in [6.07, 6.45) is 0. The van der Waals surface area contributed by atoms with E-state index in [9.17, 15) is 4.79 Å². The van der Waals surface area contributed by atoms with E-state index in [0.29, 0.717) is 10.7 Å². The van der Waals surface area contributed by atoms with Crippen molar-refractivity contribution in [3.8, 4) is 0 Å². The van der Waals surface area contributed by atoms with E-state index in [1.165, 1.54) is 7.11 Å². The molecule has 5 heteroatoms. The van der Waals surface area contributed by atoms with Crippen LogP contribution >= 0.6 is 12.2 Å². The summed E-state index contributed by atoms with van der Waals surface area (Å²) in [5.74, 6) is -0.363. The zero-order valence-electron chi connectivity index (χ0n) is 11.8. The number of nitrogens with one attached hydrogen (secondary N) is 2. The van der Waals surface area contributed by atoms with Gasteiger partial charge in [0, 0.05) is 11.4 Å². The van der Waals surface area contributed by atoms with Crippen molar-refractivity contribution in [3.05, 3.63) is 59.7 Å². The molecule has 0 amide bonds. The lowest BCUT2D eigenvalue weighted by Gasteiger charge is -2.14. The lowest BCUT2D eigenvalue weighted by molar-refractivity contribution is 0.0600. The fourth-order valence-electron chi connectivity index (χ4n) is 1.91. The van der Waals surface area contributed by atoms with Crippen molar-refractivity contribution in [2.24, 2.45) is 0 Å². The maximum Gasteiger partial charge on any atom is 0.338 e. The average Bonchev–Trinajstić information content (AvgIpc) is 2.49. The number of carbonyl (C=O) groups is 1. The molecular weight excluding hydrogens is 284 g/mol. The second-order valence-corrected chi connectivity index (χ2v) is 4.82. The van der Waals surface area contributed by atoms with E-state index < -0.39 is 0 Å². The highest BCUT2D eigenvalue weighted by Crippen LogP contribution is 2.20. The molecule has 2 aromatic carbocycles. The summed E-state index contributed by atoms with van der Waals surface area (Å²) >= 11 is 5.28. The first-order valence-electron chi connectivity index (χ1n) is 6.43. The van der Waals surface area contributed by atoms with Gasteiger partial charge in [-0.15, -0.1) is 0 Å². The molecule has 21 heavy (non-hydrogen) atoms. The summed E-state index contributed by atoms with van der Waals surface area (Å²) in [7, 11) is 1.36. The number of anilines is 2. The normalized spacial score (nSPS) is 9.81. The van der Waals surface area contributed by atoms with Crippen LogP contribution in [0.1, 0.15) is 15.9 Å². The first-order valence-corrected chi connectivity index (χ1v) is 6.83. The molecule has 0 spiro atoms. The number of rotatable bonds is 3. The molecule has 0 aliphatic heterocycles. The molecule has 0 aromatic heterocycles. The van der Waals surface area contributed by atoms with Crippen LogP contribution in [0.4, 0.5) is 11.4 Å². The Morgan fingerprint density at radius 1 is 1.05 bits per heavy atom. The molecule has 0 heterocycles. The lowest BCUT2D eigenvalue weighted by Crippen LogP contribution is -2.20. The highest BCUT2D eigenvalue weighted by Gasteiger charge is 2.12. The van der Waals surface area contributed by atoms with Gasteiger partial charge in [0.2, 0.25) is 0 Å². The second-order valence-electron chi connectivity index (χ2n) is 4.41. The van der Waals surface area contributed by atoms with E-state index in [4.69, 9.17) is 17.0 Å². The Labute approximate surface area is 129 Å². The molecule has 0 saturated heterocycles. The zero-order chi connectivity index (χ0) is 15.2. The molecule has 0 bridgehead atoms. The number of benzene rings is 2. The molecule has 2 N–H and O–H groups in total. The van der Waals surface area contributed by atoms with E-state index in [-0.39, 0.29) is 5.97 Å². The van der Waals surface area contributed by atoms with Gasteiger partial charge in [-0.2, -0.15) is 0 Å². The molecule has 0 aliphatic carbocycles. The minimum absolute atomic E-state index is 0.363. The second kappa shape index (κ2) is 6.85. The Hall–Kier alpha value is -2.40. The van der Waals surface area contributed by atoms with Crippen LogP contribution in [-0.2, 0) is 4.74 Å². The largest absolute Gasteiger partial charge is 0.465 e. The van der Waals surface area contributed by atoms with Crippen molar-refractivity contribution in [3.63, 3.8) is 0 Å². The van der Waals surface area contributed by atoms with Gasteiger partial charge in [-0.05, 0) is 49.0 Å². The SMILES string of the molecule is COC(=O)c1cccc(NC(=S)Nc2ccccc2)c1C. The minimum atomic E-state index is -0.363. The maximum absolute atomic E-state index is 11.7. The number of carbonyl (C=O) groups excluding carboxylic acids is 1. The van der Waals surface area contributed by atoms with Crippen molar-refractivity contribution in [2.45, 2.75) is 6.92 Å². The van der Waals surface area contributed by atoms with E-state index in [2.05, 4.69) is 10.6 Å². The molecule has 2 rings (SSSR count). The van der Waals surface area contributed by atoms with Crippen molar-refractivity contribution < 1.29 is 9.53 Å². The number of para-hydroxylation sites is 1. The molecule has 0 atom stereocenters. The predicted octanol–water partition coefficient (Wildman–Crippen LogP) is 3.59. The monoisotopic (exact) mass is 300 g/mol. The number of hydrogen-bond acceptors (Lipinski definition) is 3. The van der Waals surface area contributed by atoms with Crippen LogP contribution in [0.2, 0.25) is 0 Å². The van der Waals surface area contributed by atoms with E-state index in [1.54, 1.807) is 12.1 Å². The van der Waals surface area contributed by atoms with E-state index in [1.807, 2.05) is 43.3 Å². The fraction of sp³-hybridized carbons (Fsp3) is 0.125. The van der Waals surface area contributed by atoms with Crippen LogP contribution in [0.25, 0.3) is 0 Å².